The number of carbonyl (C=O) groups is 1. The van der Waals surface area contributed by atoms with Crippen LogP contribution in [0.4, 0.5) is 0 Å². The van der Waals surface area contributed by atoms with Crippen LogP contribution in [-0.4, -0.2) is 25.5 Å². The summed E-state index contributed by atoms with van der Waals surface area (Å²) in [6.45, 7) is 2.99. The highest BCUT2D eigenvalue weighted by Crippen LogP contribution is 2.21. The number of ether oxygens (including phenoxy) is 1. The number of methoxy groups -OCH3 is 1. The van der Waals surface area contributed by atoms with E-state index in [1.165, 1.54) is 0 Å². The molecule has 1 atom stereocenters. The minimum atomic E-state index is 0.0419. The number of hydrogen-bond donors (Lipinski definition) is 1. The fourth-order valence-corrected chi connectivity index (χ4v) is 2.32. The second-order valence-electron chi connectivity index (χ2n) is 4.61. The van der Waals surface area contributed by atoms with Crippen LogP contribution in [0.15, 0.2) is 18.2 Å². The maximum absolute atomic E-state index is 12.1. The zero-order valence-corrected chi connectivity index (χ0v) is 10.5. The van der Waals surface area contributed by atoms with E-state index in [-0.39, 0.29) is 11.8 Å². The zero-order chi connectivity index (χ0) is 12.3. The van der Waals surface area contributed by atoms with Gasteiger partial charge in [-0.25, -0.2) is 0 Å². The van der Waals surface area contributed by atoms with Crippen molar-refractivity contribution >= 4 is 5.78 Å². The molecule has 0 aliphatic carbocycles. The Balaban J connectivity index is 2.11. The molecule has 3 heteroatoms. The lowest BCUT2D eigenvalue weighted by molar-refractivity contribution is -0.120. The molecule has 1 aliphatic heterocycles. The molecule has 2 rings (SSSR count). The summed E-state index contributed by atoms with van der Waals surface area (Å²) in [7, 11) is 1.65. The highest BCUT2D eigenvalue weighted by molar-refractivity contribution is 5.86. The van der Waals surface area contributed by atoms with Crippen LogP contribution in [0.5, 0.6) is 5.75 Å². The first-order valence-electron chi connectivity index (χ1n) is 6.10. The SMILES string of the molecule is COc1ccc(C)cc1CC(=O)C1CCCN1. The van der Waals surface area contributed by atoms with Crippen molar-refractivity contribution in [3.05, 3.63) is 29.3 Å². The number of ketones is 1. The smallest absolute Gasteiger partial charge is 0.154 e. The van der Waals surface area contributed by atoms with Crippen molar-refractivity contribution in [1.82, 2.24) is 5.32 Å². The van der Waals surface area contributed by atoms with Gasteiger partial charge in [-0.1, -0.05) is 17.7 Å². The van der Waals surface area contributed by atoms with Crippen molar-refractivity contribution < 1.29 is 9.53 Å². The summed E-state index contributed by atoms with van der Waals surface area (Å²) in [4.78, 5) is 12.1. The van der Waals surface area contributed by atoms with Gasteiger partial charge in [0.1, 0.15) is 5.75 Å². The maximum atomic E-state index is 12.1. The number of hydrogen-bond acceptors (Lipinski definition) is 3. The monoisotopic (exact) mass is 233 g/mol. The van der Waals surface area contributed by atoms with E-state index in [2.05, 4.69) is 5.32 Å². The zero-order valence-electron chi connectivity index (χ0n) is 10.5. The molecule has 0 amide bonds. The Morgan fingerprint density at radius 1 is 1.53 bits per heavy atom. The molecule has 17 heavy (non-hydrogen) atoms. The standard InChI is InChI=1S/C14H19NO2/c1-10-5-6-14(17-2)11(8-10)9-13(16)12-4-3-7-15-12/h5-6,8,12,15H,3-4,7,9H2,1-2H3. The number of aryl methyl sites for hydroxylation is 1. The average molecular weight is 233 g/mol. The number of carbonyl (C=O) groups excluding carboxylic acids is 1. The highest BCUT2D eigenvalue weighted by atomic mass is 16.5. The predicted molar refractivity (Wildman–Crippen MR) is 67.5 cm³/mol. The Hall–Kier alpha value is -1.35. The van der Waals surface area contributed by atoms with Crippen molar-refractivity contribution in [2.75, 3.05) is 13.7 Å². The molecule has 3 nitrogen and oxygen atoms in total. The van der Waals surface area contributed by atoms with E-state index >= 15 is 0 Å². The van der Waals surface area contributed by atoms with Gasteiger partial charge in [-0.3, -0.25) is 4.79 Å². The summed E-state index contributed by atoms with van der Waals surface area (Å²) in [5.74, 6) is 1.08. The molecule has 1 saturated heterocycles. The third kappa shape index (κ3) is 2.86. The van der Waals surface area contributed by atoms with Gasteiger partial charge in [0, 0.05) is 12.0 Å². The summed E-state index contributed by atoms with van der Waals surface area (Å²) in [6.07, 6.45) is 2.52. The van der Waals surface area contributed by atoms with Gasteiger partial charge in [0.15, 0.2) is 5.78 Å². The summed E-state index contributed by atoms with van der Waals surface area (Å²) < 4.78 is 5.29. The lowest BCUT2D eigenvalue weighted by Crippen LogP contribution is -2.32. The van der Waals surface area contributed by atoms with E-state index in [0.717, 1.165) is 36.3 Å². The van der Waals surface area contributed by atoms with Crippen LogP contribution in [-0.2, 0) is 11.2 Å². The second kappa shape index (κ2) is 5.32. The van der Waals surface area contributed by atoms with Gasteiger partial charge in [-0.05, 0) is 32.4 Å². The molecule has 0 radical (unpaired) electrons. The van der Waals surface area contributed by atoms with E-state index < -0.39 is 0 Å². The van der Waals surface area contributed by atoms with Gasteiger partial charge in [-0.15, -0.1) is 0 Å². The van der Waals surface area contributed by atoms with E-state index in [1.54, 1.807) is 7.11 Å². The lowest BCUT2D eigenvalue weighted by atomic mass is 10.0. The third-order valence-electron chi connectivity index (χ3n) is 3.25. The molecule has 1 aromatic rings. The van der Waals surface area contributed by atoms with Crippen LogP contribution in [0, 0.1) is 6.92 Å². The molecular formula is C14H19NO2. The van der Waals surface area contributed by atoms with E-state index in [1.807, 2.05) is 25.1 Å². The molecule has 1 fully saturated rings. The van der Waals surface area contributed by atoms with Crippen molar-refractivity contribution in [2.24, 2.45) is 0 Å². The fourth-order valence-electron chi connectivity index (χ4n) is 2.32. The van der Waals surface area contributed by atoms with Crippen LogP contribution in [0.2, 0.25) is 0 Å². The summed E-state index contributed by atoms with van der Waals surface area (Å²) in [6, 6.07) is 6.01. The van der Waals surface area contributed by atoms with E-state index in [9.17, 15) is 4.79 Å². The highest BCUT2D eigenvalue weighted by Gasteiger charge is 2.22. The van der Waals surface area contributed by atoms with Crippen molar-refractivity contribution in [3.63, 3.8) is 0 Å². The van der Waals surface area contributed by atoms with Crippen LogP contribution in [0.25, 0.3) is 0 Å². The quantitative estimate of drug-likeness (QED) is 0.862. The molecule has 1 unspecified atom stereocenters. The topological polar surface area (TPSA) is 38.3 Å². The Kier molecular flexibility index (Phi) is 3.79. The van der Waals surface area contributed by atoms with Gasteiger partial charge in [0.25, 0.3) is 0 Å². The Bertz CT molecular complexity index is 409. The Labute approximate surface area is 102 Å². The first-order valence-corrected chi connectivity index (χ1v) is 6.10. The van der Waals surface area contributed by atoms with Crippen LogP contribution in [0.1, 0.15) is 24.0 Å². The van der Waals surface area contributed by atoms with Gasteiger partial charge in [-0.2, -0.15) is 0 Å². The van der Waals surface area contributed by atoms with Gasteiger partial charge in [0.2, 0.25) is 0 Å². The maximum Gasteiger partial charge on any atom is 0.154 e. The van der Waals surface area contributed by atoms with Crippen LogP contribution in [0.3, 0.4) is 0 Å². The average Bonchev–Trinajstić information content (AvgIpc) is 2.83. The van der Waals surface area contributed by atoms with Crippen molar-refractivity contribution in [2.45, 2.75) is 32.2 Å². The molecule has 1 heterocycles. The van der Waals surface area contributed by atoms with E-state index in [0.29, 0.717) is 6.42 Å². The number of benzene rings is 1. The lowest BCUT2D eigenvalue weighted by Gasteiger charge is -2.12. The molecule has 92 valence electrons. The summed E-state index contributed by atoms with van der Waals surface area (Å²) in [5.41, 5.74) is 2.15. The van der Waals surface area contributed by atoms with Crippen molar-refractivity contribution in [1.29, 1.82) is 0 Å². The molecule has 0 bridgehead atoms. The summed E-state index contributed by atoms with van der Waals surface area (Å²) in [5, 5.41) is 3.24. The Morgan fingerprint density at radius 3 is 3.00 bits per heavy atom. The van der Waals surface area contributed by atoms with Crippen molar-refractivity contribution in [3.8, 4) is 5.75 Å². The second-order valence-corrected chi connectivity index (χ2v) is 4.61. The first kappa shape index (κ1) is 12.1. The number of nitrogens with one attached hydrogen (secondary N) is 1. The molecule has 0 saturated carbocycles. The molecule has 0 aromatic heterocycles. The van der Waals surface area contributed by atoms with Gasteiger partial charge >= 0.3 is 0 Å². The first-order chi connectivity index (χ1) is 8.20. The minimum absolute atomic E-state index is 0.0419. The van der Waals surface area contributed by atoms with Gasteiger partial charge in [0.05, 0.1) is 13.2 Å². The summed E-state index contributed by atoms with van der Waals surface area (Å²) >= 11 is 0. The number of rotatable bonds is 4. The normalized spacial score (nSPS) is 19.3. The third-order valence-corrected chi connectivity index (χ3v) is 3.25. The fraction of sp³-hybridized carbons (Fsp3) is 0.500. The largest absolute Gasteiger partial charge is 0.496 e. The molecule has 0 spiro atoms. The molecule has 1 N–H and O–H groups in total. The van der Waals surface area contributed by atoms with Crippen LogP contribution < -0.4 is 10.1 Å². The predicted octanol–water partition coefficient (Wildman–Crippen LogP) is 1.87. The minimum Gasteiger partial charge on any atom is -0.496 e. The molecular weight excluding hydrogens is 214 g/mol. The Morgan fingerprint density at radius 2 is 2.35 bits per heavy atom. The molecule has 1 aromatic carbocycles. The van der Waals surface area contributed by atoms with Crippen LogP contribution >= 0.6 is 0 Å². The van der Waals surface area contributed by atoms with E-state index in [4.69, 9.17) is 4.74 Å². The van der Waals surface area contributed by atoms with Gasteiger partial charge < -0.3 is 10.1 Å². The molecule has 1 aliphatic rings. The number of Topliss-reactive ketones (excluding diaryl/α,β-unsaturated/α-hetero) is 1.